The van der Waals surface area contributed by atoms with E-state index in [-0.39, 0.29) is 0 Å². The summed E-state index contributed by atoms with van der Waals surface area (Å²) in [5, 5.41) is 5.10. The summed E-state index contributed by atoms with van der Waals surface area (Å²) in [6.07, 6.45) is 3.82. The van der Waals surface area contributed by atoms with Crippen LogP contribution in [0.1, 0.15) is 11.1 Å². The number of nitrogens with zero attached hydrogens (tertiary/aromatic N) is 3. The van der Waals surface area contributed by atoms with Gasteiger partial charge in [0, 0.05) is 28.5 Å². The fraction of sp³-hybridized carbons (Fsp3) is 0.125. The second-order valence-corrected chi connectivity index (χ2v) is 14.5. The smallest absolute Gasteiger partial charge is 0.140 e. The van der Waals surface area contributed by atoms with Crippen molar-refractivity contribution < 1.29 is 0 Å². The van der Waals surface area contributed by atoms with Crippen molar-refractivity contribution in [2.75, 3.05) is 0 Å². The third-order valence-corrected chi connectivity index (χ3v) is 10.6. The Kier molecular flexibility index (Phi) is 5.35. The van der Waals surface area contributed by atoms with E-state index in [1.807, 2.05) is 18.5 Å². The SMILES string of the molecule is Cc1ccnc([Si](C)(C)c2cccc(-c3ccc4c5ccccc5n(-c5ncccc5C)c4c3)c2)c1. The molecule has 3 nitrogen and oxygen atoms in total. The maximum Gasteiger partial charge on any atom is 0.140 e. The zero-order chi connectivity index (χ0) is 24.9. The number of benzene rings is 3. The molecular formula is C32H29N3Si. The molecule has 3 aromatic carbocycles. The fourth-order valence-corrected chi connectivity index (χ4v) is 7.51. The van der Waals surface area contributed by atoms with Crippen molar-refractivity contribution >= 4 is 40.4 Å². The number of aryl methyl sites for hydroxylation is 2. The highest BCUT2D eigenvalue weighted by Crippen LogP contribution is 2.34. The highest BCUT2D eigenvalue weighted by molar-refractivity contribution is 7.00. The largest absolute Gasteiger partial charge is 0.294 e. The van der Waals surface area contributed by atoms with Gasteiger partial charge < -0.3 is 0 Å². The van der Waals surface area contributed by atoms with Gasteiger partial charge in [-0.2, -0.15) is 0 Å². The molecule has 0 unspecified atom stereocenters. The quantitative estimate of drug-likeness (QED) is 0.262. The lowest BCUT2D eigenvalue weighted by molar-refractivity contribution is 1.05. The molecular weight excluding hydrogens is 454 g/mol. The average molecular weight is 484 g/mol. The van der Waals surface area contributed by atoms with Gasteiger partial charge in [-0.15, -0.1) is 0 Å². The van der Waals surface area contributed by atoms with Crippen LogP contribution >= 0.6 is 0 Å². The molecule has 3 heterocycles. The molecule has 0 N–H and O–H groups in total. The van der Waals surface area contributed by atoms with E-state index in [0.717, 1.165) is 11.4 Å². The molecule has 0 amide bonds. The van der Waals surface area contributed by atoms with E-state index >= 15 is 0 Å². The summed E-state index contributed by atoms with van der Waals surface area (Å²) in [6.45, 7) is 9.05. The van der Waals surface area contributed by atoms with E-state index in [1.165, 1.54) is 49.0 Å². The molecule has 0 aliphatic rings. The average Bonchev–Trinajstić information content (AvgIpc) is 3.22. The van der Waals surface area contributed by atoms with Crippen LogP contribution in [0.15, 0.2) is 103 Å². The Labute approximate surface area is 213 Å². The van der Waals surface area contributed by atoms with E-state index in [2.05, 4.69) is 116 Å². The first-order chi connectivity index (χ1) is 17.4. The summed E-state index contributed by atoms with van der Waals surface area (Å²) in [5.41, 5.74) is 7.23. The minimum absolute atomic E-state index is 0.980. The van der Waals surface area contributed by atoms with Gasteiger partial charge >= 0.3 is 0 Å². The molecule has 0 fully saturated rings. The van der Waals surface area contributed by atoms with Crippen molar-refractivity contribution in [1.82, 2.24) is 14.5 Å². The fourth-order valence-electron chi connectivity index (χ4n) is 5.20. The van der Waals surface area contributed by atoms with Gasteiger partial charge in [-0.1, -0.05) is 78.9 Å². The Morgan fingerprint density at radius 3 is 2.28 bits per heavy atom. The van der Waals surface area contributed by atoms with Gasteiger partial charge in [0.15, 0.2) is 0 Å². The Hall–Kier alpha value is -4.02. The first-order valence-corrected chi connectivity index (χ1v) is 15.4. The predicted octanol–water partition coefficient (Wildman–Crippen LogP) is 6.68. The Morgan fingerprint density at radius 2 is 1.44 bits per heavy atom. The number of hydrogen-bond donors (Lipinski definition) is 0. The van der Waals surface area contributed by atoms with Crippen molar-refractivity contribution in [2.45, 2.75) is 26.9 Å². The highest BCUT2D eigenvalue weighted by atomic mass is 28.3. The van der Waals surface area contributed by atoms with Gasteiger partial charge in [0.25, 0.3) is 0 Å². The topological polar surface area (TPSA) is 30.7 Å². The van der Waals surface area contributed by atoms with Crippen LogP contribution in [0.2, 0.25) is 13.1 Å². The summed E-state index contributed by atoms with van der Waals surface area (Å²) in [7, 11) is -1.93. The summed E-state index contributed by atoms with van der Waals surface area (Å²) in [4.78, 5) is 9.53. The molecule has 0 saturated heterocycles. The molecule has 6 rings (SSSR count). The predicted molar refractivity (Wildman–Crippen MR) is 154 cm³/mol. The molecule has 6 aromatic rings. The molecule has 36 heavy (non-hydrogen) atoms. The van der Waals surface area contributed by atoms with E-state index < -0.39 is 8.07 Å². The first-order valence-electron chi connectivity index (χ1n) is 12.4. The van der Waals surface area contributed by atoms with E-state index in [1.54, 1.807) is 0 Å². The van der Waals surface area contributed by atoms with E-state index in [4.69, 9.17) is 9.97 Å². The lowest BCUT2D eigenvalue weighted by Gasteiger charge is -2.23. The molecule has 0 aliphatic carbocycles. The summed E-state index contributed by atoms with van der Waals surface area (Å²) >= 11 is 0. The Bertz CT molecular complexity index is 1750. The number of para-hydroxylation sites is 1. The molecule has 3 aromatic heterocycles. The van der Waals surface area contributed by atoms with Gasteiger partial charge in [-0.3, -0.25) is 9.55 Å². The van der Waals surface area contributed by atoms with Crippen LogP contribution in [0, 0.1) is 13.8 Å². The second kappa shape index (κ2) is 8.57. The molecule has 0 bridgehead atoms. The standard InChI is InChI=1S/C32H29N3Si/c1-22-16-18-33-31(19-22)36(3,4)26-11-7-10-24(20-26)25-14-15-28-27-12-5-6-13-29(27)35(30(28)21-25)32-23(2)9-8-17-34-32/h5-21H,1-4H3. The van der Waals surface area contributed by atoms with E-state index in [0.29, 0.717) is 0 Å². The van der Waals surface area contributed by atoms with Gasteiger partial charge in [0.05, 0.1) is 11.0 Å². The summed E-state index contributed by atoms with van der Waals surface area (Å²) < 4.78 is 2.31. The zero-order valence-electron chi connectivity index (χ0n) is 21.2. The molecule has 0 atom stereocenters. The van der Waals surface area contributed by atoms with Crippen LogP contribution in [0.3, 0.4) is 0 Å². The number of pyridine rings is 2. The third kappa shape index (κ3) is 3.66. The second-order valence-electron chi connectivity index (χ2n) is 10.2. The van der Waals surface area contributed by atoms with Crippen LogP contribution in [0.4, 0.5) is 0 Å². The maximum atomic E-state index is 4.77. The number of hydrogen-bond acceptors (Lipinski definition) is 2. The lowest BCUT2D eigenvalue weighted by Crippen LogP contribution is -2.54. The molecule has 0 aliphatic heterocycles. The van der Waals surface area contributed by atoms with Gasteiger partial charge in [0.1, 0.15) is 13.9 Å². The van der Waals surface area contributed by atoms with Crippen LogP contribution in [0.25, 0.3) is 38.8 Å². The van der Waals surface area contributed by atoms with Crippen molar-refractivity contribution in [3.63, 3.8) is 0 Å². The molecule has 0 spiro atoms. The van der Waals surface area contributed by atoms with Gasteiger partial charge in [-0.25, -0.2) is 4.98 Å². The Balaban J connectivity index is 1.54. The molecule has 4 heteroatoms. The Morgan fingerprint density at radius 1 is 0.639 bits per heavy atom. The number of fused-ring (bicyclic) bond motifs is 3. The van der Waals surface area contributed by atoms with Crippen LogP contribution in [-0.2, 0) is 0 Å². The van der Waals surface area contributed by atoms with Crippen molar-refractivity contribution in [2.24, 2.45) is 0 Å². The molecule has 0 radical (unpaired) electrons. The van der Waals surface area contributed by atoms with Crippen molar-refractivity contribution in [3.05, 3.63) is 115 Å². The summed E-state index contributed by atoms with van der Waals surface area (Å²) in [6, 6.07) is 32.9. The van der Waals surface area contributed by atoms with Gasteiger partial charge in [0.2, 0.25) is 0 Å². The molecule has 176 valence electrons. The monoisotopic (exact) mass is 483 g/mol. The van der Waals surface area contributed by atoms with Crippen LogP contribution < -0.4 is 10.5 Å². The van der Waals surface area contributed by atoms with Crippen LogP contribution in [-0.4, -0.2) is 22.6 Å². The molecule has 0 saturated carbocycles. The van der Waals surface area contributed by atoms with E-state index in [9.17, 15) is 0 Å². The third-order valence-electron chi connectivity index (χ3n) is 7.34. The van der Waals surface area contributed by atoms with Crippen molar-refractivity contribution in [3.8, 4) is 16.9 Å². The summed E-state index contributed by atoms with van der Waals surface area (Å²) in [5.74, 6) is 0.980. The van der Waals surface area contributed by atoms with Crippen LogP contribution in [0.5, 0.6) is 0 Å². The number of aromatic nitrogens is 3. The minimum atomic E-state index is -1.93. The number of rotatable bonds is 4. The first kappa shape index (κ1) is 22.4. The maximum absolute atomic E-state index is 4.77. The highest BCUT2D eigenvalue weighted by Gasteiger charge is 2.28. The minimum Gasteiger partial charge on any atom is -0.294 e. The lowest BCUT2D eigenvalue weighted by atomic mass is 10.0. The van der Waals surface area contributed by atoms with Crippen molar-refractivity contribution in [1.29, 1.82) is 0 Å². The normalized spacial score (nSPS) is 11.9. The van der Waals surface area contributed by atoms with Gasteiger partial charge in [-0.05, 0) is 66.4 Å². The zero-order valence-corrected chi connectivity index (χ0v) is 22.2.